The smallest absolute Gasteiger partial charge is 0.269 e. The number of rotatable bonds is 7. The molecule has 0 amide bonds. The zero-order valence-electron chi connectivity index (χ0n) is 11.0. The van der Waals surface area contributed by atoms with Gasteiger partial charge in [-0.2, -0.15) is 0 Å². The molecule has 0 fully saturated rings. The van der Waals surface area contributed by atoms with E-state index in [2.05, 4.69) is 11.8 Å². The molecule has 0 radical (unpaired) electrons. The summed E-state index contributed by atoms with van der Waals surface area (Å²) in [5, 5.41) is 10.8. The first-order valence-electron chi connectivity index (χ1n) is 6.24. The van der Waals surface area contributed by atoms with Gasteiger partial charge in [-0.3, -0.25) is 15.0 Å². The van der Waals surface area contributed by atoms with Gasteiger partial charge in [0.2, 0.25) is 0 Å². The van der Waals surface area contributed by atoms with Gasteiger partial charge < -0.3 is 5.73 Å². The molecule has 100 valence electrons. The summed E-state index contributed by atoms with van der Waals surface area (Å²) >= 11 is 0. The van der Waals surface area contributed by atoms with Crippen molar-refractivity contribution in [3.05, 3.63) is 39.9 Å². The highest BCUT2D eigenvalue weighted by atomic mass is 16.6. The van der Waals surface area contributed by atoms with Crippen LogP contribution < -0.4 is 5.73 Å². The molecule has 0 heterocycles. The summed E-state index contributed by atoms with van der Waals surface area (Å²) in [5.41, 5.74) is 6.65. The van der Waals surface area contributed by atoms with E-state index >= 15 is 0 Å². The van der Waals surface area contributed by atoms with Crippen LogP contribution in [-0.4, -0.2) is 30.0 Å². The molecule has 0 saturated heterocycles. The lowest BCUT2D eigenvalue weighted by molar-refractivity contribution is -0.385. The Hall–Kier alpha value is -1.46. The number of hydrogen-bond donors (Lipinski definition) is 1. The molecule has 0 aromatic heterocycles. The van der Waals surface area contributed by atoms with E-state index in [4.69, 9.17) is 5.73 Å². The Bertz CT molecular complexity index is 396. The third kappa shape index (κ3) is 3.78. The minimum atomic E-state index is -0.351. The summed E-state index contributed by atoms with van der Waals surface area (Å²) in [6.07, 6.45) is 1.85. The van der Waals surface area contributed by atoms with Crippen molar-refractivity contribution >= 4 is 5.69 Å². The molecule has 0 bridgehead atoms. The molecular weight excluding hydrogens is 230 g/mol. The monoisotopic (exact) mass is 251 g/mol. The van der Waals surface area contributed by atoms with Gasteiger partial charge in [0.1, 0.15) is 0 Å². The number of benzene rings is 1. The maximum absolute atomic E-state index is 10.8. The Kier molecular flexibility index (Phi) is 5.74. The number of nitrogens with two attached hydrogens (primary N) is 1. The van der Waals surface area contributed by atoms with Gasteiger partial charge in [0, 0.05) is 18.2 Å². The van der Waals surface area contributed by atoms with Gasteiger partial charge in [-0.15, -0.1) is 0 Å². The van der Waals surface area contributed by atoms with Crippen LogP contribution in [0.1, 0.15) is 31.4 Å². The van der Waals surface area contributed by atoms with Crippen LogP contribution in [-0.2, 0) is 0 Å². The van der Waals surface area contributed by atoms with E-state index in [1.807, 2.05) is 13.1 Å². The van der Waals surface area contributed by atoms with Gasteiger partial charge >= 0.3 is 0 Å². The zero-order valence-corrected chi connectivity index (χ0v) is 11.0. The van der Waals surface area contributed by atoms with Crippen LogP contribution in [0.5, 0.6) is 0 Å². The molecule has 1 unspecified atom stereocenters. The van der Waals surface area contributed by atoms with E-state index < -0.39 is 0 Å². The van der Waals surface area contributed by atoms with Gasteiger partial charge in [-0.05, 0) is 38.5 Å². The molecule has 1 aromatic carbocycles. The summed E-state index contributed by atoms with van der Waals surface area (Å²) in [6, 6.07) is 7.08. The molecule has 18 heavy (non-hydrogen) atoms. The van der Waals surface area contributed by atoms with Crippen LogP contribution in [0.15, 0.2) is 24.3 Å². The molecule has 0 spiro atoms. The molecule has 1 rings (SSSR count). The predicted molar refractivity (Wildman–Crippen MR) is 72.4 cm³/mol. The van der Waals surface area contributed by atoms with E-state index in [9.17, 15) is 10.1 Å². The van der Waals surface area contributed by atoms with E-state index in [0.717, 1.165) is 24.9 Å². The van der Waals surface area contributed by atoms with Crippen molar-refractivity contribution in [3.8, 4) is 0 Å². The molecule has 1 atom stereocenters. The minimum Gasteiger partial charge on any atom is -0.330 e. The van der Waals surface area contributed by atoms with Crippen LogP contribution in [0.25, 0.3) is 0 Å². The van der Waals surface area contributed by atoms with E-state index in [1.165, 1.54) is 6.07 Å². The summed E-state index contributed by atoms with van der Waals surface area (Å²) in [5.74, 6) is 0. The second kappa shape index (κ2) is 7.08. The topological polar surface area (TPSA) is 72.4 Å². The van der Waals surface area contributed by atoms with Crippen molar-refractivity contribution in [1.29, 1.82) is 0 Å². The van der Waals surface area contributed by atoms with Crippen molar-refractivity contribution in [2.24, 2.45) is 5.73 Å². The highest BCUT2D eigenvalue weighted by Crippen LogP contribution is 2.25. The Balaban J connectivity index is 2.87. The highest BCUT2D eigenvalue weighted by molar-refractivity contribution is 5.35. The van der Waals surface area contributed by atoms with Gasteiger partial charge in [-0.25, -0.2) is 0 Å². The third-order valence-electron chi connectivity index (χ3n) is 3.10. The number of nitro groups is 1. The van der Waals surface area contributed by atoms with Crippen molar-refractivity contribution < 1.29 is 4.92 Å². The molecule has 2 N–H and O–H groups in total. The van der Waals surface area contributed by atoms with Crippen LogP contribution in [0, 0.1) is 10.1 Å². The second-order valence-corrected chi connectivity index (χ2v) is 4.40. The fourth-order valence-electron chi connectivity index (χ4n) is 2.14. The first-order chi connectivity index (χ1) is 8.60. The van der Waals surface area contributed by atoms with Crippen molar-refractivity contribution in [2.75, 3.05) is 20.1 Å². The predicted octanol–water partition coefficient (Wildman–Crippen LogP) is 2.33. The molecule has 1 aromatic rings. The molecule has 5 heteroatoms. The second-order valence-electron chi connectivity index (χ2n) is 4.40. The molecule has 5 nitrogen and oxygen atoms in total. The zero-order chi connectivity index (χ0) is 13.5. The lowest BCUT2D eigenvalue weighted by Gasteiger charge is -2.27. The lowest BCUT2D eigenvalue weighted by atomic mass is 10.0. The van der Waals surface area contributed by atoms with Crippen LogP contribution >= 0.6 is 0 Å². The Morgan fingerprint density at radius 2 is 2.22 bits per heavy atom. The largest absolute Gasteiger partial charge is 0.330 e. The third-order valence-corrected chi connectivity index (χ3v) is 3.10. The summed E-state index contributed by atoms with van der Waals surface area (Å²) in [4.78, 5) is 12.6. The van der Waals surface area contributed by atoms with Crippen LogP contribution in [0.4, 0.5) is 5.69 Å². The number of non-ortho nitro benzene ring substituents is 1. The summed E-state index contributed by atoms with van der Waals surface area (Å²) in [6.45, 7) is 3.65. The van der Waals surface area contributed by atoms with Crippen LogP contribution in [0.3, 0.4) is 0 Å². The highest BCUT2D eigenvalue weighted by Gasteiger charge is 2.17. The number of nitrogens with zero attached hydrogens (tertiary/aromatic N) is 2. The SMILES string of the molecule is CCC(c1cccc([N+](=O)[O-])c1)N(C)CCCN. The van der Waals surface area contributed by atoms with Gasteiger partial charge in [-0.1, -0.05) is 19.1 Å². The molecule has 0 aliphatic heterocycles. The van der Waals surface area contributed by atoms with Crippen molar-refractivity contribution in [1.82, 2.24) is 4.90 Å². The van der Waals surface area contributed by atoms with E-state index in [0.29, 0.717) is 6.54 Å². The summed E-state index contributed by atoms with van der Waals surface area (Å²) in [7, 11) is 2.03. The summed E-state index contributed by atoms with van der Waals surface area (Å²) < 4.78 is 0. The maximum Gasteiger partial charge on any atom is 0.269 e. The molecule has 0 saturated carbocycles. The average Bonchev–Trinajstić information content (AvgIpc) is 2.37. The molecular formula is C13H21N3O2. The Morgan fingerprint density at radius 3 is 2.78 bits per heavy atom. The first-order valence-corrected chi connectivity index (χ1v) is 6.24. The number of hydrogen-bond acceptors (Lipinski definition) is 4. The van der Waals surface area contributed by atoms with Crippen LogP contribution in [0.2, 0.25) is 0 Å². The first kappa shape index (κ1) is 14.6. The fraction of sp³-hybridized carbons (Fsp3) is 0.538. The minimum absolute atomic E-state index is 0.151. The molecule has 0 aliphatic rings. The van der Waals surface area contributed by atoms with E-state index in [1.54, 1.807) is 12.1 Å². The fourth-order valence-corrected chi connectivity index (χ4v) is 2.14. The lowest BCUT2D eigenvalue weighted by Crippen LogP contribution is -2.26. The van der Waals surface area contributed by atoms with E-state index in [-0.39, 0.29) is 16.7 Å². The van der Waals surface area contributed by atoms with Crippen molar-refractivity contribution in [2.45, 2.75) is 25.8 Å². The normalized spacial score (nSPS) is 12.7. The van der Waals surface area contributed by atoms with Gasteiger partial charge in [0.05, 0.1) is 4.92 Å². The average molecular weight is 251 g/mol. The quantitative estimate of drug-likeness (QED) is 0.596. The Morgan fingerprint density at radius 1 is 1.50 bits per heavy atom. The Labute approximate surface area is 108 Å². The van der Waals surface area contributed by atoms with Gasteiger partial charge in [0.25, 0.3) is 5.69 Å². The standard InChI is InChI=1S/C13H21N3O2/c1-3-13(15(2)9-5-8-14)11-6-4-7-12(10-11)16(17)18/h4,6-7,10,13H,3,5,8-9,14H2,1-2H3. The maximum atomic E-state index is 10.8. The molecule has 0 aliphatic carbocycles. The van der Waals surface area contributed by atoms with Crippen molar-refractivity contribution in [3.63, 3.8) is 0 Å². The van der Waals surface area contributed by atoms with Gasteiger partial charge in [0.15, 0.2) is 0 Å². The number of nitro benzene ring substituents is 1.